The molecule has 1 N–H and O–H groups in total. The highest BCUT2D eigenvalue weighted by molar-refractivity contribution is 7.83. The number of nitrogens with one attached hydrogen (secondary N) is 1. The highest BCUT2D eigenvalue weighted by Crippen LogP contribution is 2.52. The Kier molecular flexibility index (Phi) is 6.38. The van der Waals surface area contributed by atoms with Gasteiger partial charge < -0.3 is 9.34 Å². The second-order valence-corrected chi connectivity index (χ2v) is 9.94. The molecule has 1 heterocycles. The van der Waals surface area contributed by atoms with Gasteiger partial charge in [0.2, 0.25) is 0 Å². The zero-order valence-corrected chi connectivity index (χ0v) is 17.4. The third kappa shape index (κ3) is 4.44. The predicted molar refractivity (Wildman–Crippen MR) is 120 cm³/mol. The summed E-state index contributed by atoms with van der Waals surface area (Å²) in [7, 11) is -1.73. The van der Waals surface area contributed by atoms with Gasteiger partial charge in [-0.3, -0.25) is 0 Å². The Morgan fingerprint density at radius 3 is 1.71 bits per heavy atom. The fraction of sp³-hybridized carbons (Fsp3) is 0.182. The van der Waals surface area contributed by atoms with E-state index < -0.39 is 19.2 Å². The second kappa shape index (κ2) is 9.33. The standard InChI is InChI=1S/C22H24N3OPS/c26-28(22-14-8-3-9-15-22)23-16-19-27-24(20-10-4-1-5-11-20)17-18-25(27)21-12-6-2-7-13-21/h1-15,23H,16-19H2. The van der Waals surface area contributed by atoms with Crippen LogP contribution in [0.5, 0.6) is 0 Å². The number of para-hydroxylation sites is 2. The fourth-order valence-corrected chi connectivity index (χ4v) is 6.89. The van der Waals surface area contributed by atoms with Crippen LogP contribution < -0.4 is 14.1 Å². The van der Waals surface area contributed by atoms with E-state index in [1.807, 2.05) is 30.3 Å². The van der Waals surface area contributed by atoms with E-state index in [1.165, 1.54) is 11.4 Å². The van der Waals surface area contributed by atoms with Crippen LogP contribution in [-0.2, 0) is 11.0 Å². The third-order valence-corrected chi connectivity index (χ3v) is 8.46. The molecule has 0 saturated carbocycles. The summed E-state index contributed by atoms with van der Waals surface area (Å²) >= 11 is 0. The van der Waals surface area contributed by atoms with Crippen molar-refractivity contribution in [2.75, 3.05) is 35.1 Å². The maximum atomic E-state index is 12.5. The van der Waals surface area contributed by atoms with Crippen molar-refractivity contribution in [3.05, 3.63) is 91.0 Å². The summed E-state index contributed by atoms with van der Waals surface area (Å²) in [5.41, 5.74) is 2.52. The van der Waals surface area contributed by atoms with Gasteiger partial charge >= 0.3 is 0 Å². The van der Waals surface area contributed by atoms with Crippen molar-refractivity contribution < 1.29 is 4.21 Å². The van der Waals surface area contributed by atoms with Gasteiger partial charge in [0.1, 0.15) is 11.0 Å². The van der Waals surface area contributed by atoms with Crippen molar-refractivity contribution >= 4 is 30.6 Å². The van der Waals surface area contributed by atoms with Gasteiger partial charge in [-0.2, -0.15) is 0 Å². The quantitative estimate of drug-likeness (QED) is 0.578. The zero-order valence-electron chi connectivity index (χ0n) is 15.6. The first-order chi connectivity index (χ1) is 13.8. The summed E-state index contributed by atoms with van der Waals surface area (Å²) < 4.78 is 20.7. The third-order valence-electron chi connectivity index (χ3n) is 4.69. The van der Waals surface area contributed by atoms with Gasteiger partial charge in [0.25, 0.3) is 0 Å². The van der Waals surface area contributed by atoms with Crippen LogP contribution in [0.15, 0.2) is 95.9 Å². The van der Waals surface area contributed by atoms with Crippen molar-refractivity contribution in [3.8, 4) is 0 Å². The molecule has 0 spiro atoms. The van der Waals surface area contributed by atoms with Crippen LogP contribution in [0.3, 0.4) is 0 Å². The topological polar surface area (TPSA) is 35.6 Å². The average molecular weight is 409 g/mol. The summed E-state index contributed by atoms with van der Waals surface area (Å²) in [5, 5.41) is 0. The number of hydrogen-bond acceptors (Lipinski definition) is 3. The van der Waals surface area contributed by atoms with E-state index >= 15 is 0 Å². The number of nitrogens with zero attached hydrogens (tertiary/aromatic N) is 2. The monoisotopic (exact) mass is 409 g/mol. The van der Waals surface area contributed by atoms with Crippen LogP contribution >= 0.6 is 8.22 Å². The minimum atomic E-state index is -1.17. The molecule has 4 rings (SSSR count). The smallest absolute Gasteiger partial charge is 0.124 e. The second-order valence-electron chi connectivity index (χ2n) is 6.49. The Balaban J connectivity index is 1.48. The molecular formula is C22H24N3OPS. The van der Waals surface area contributed by atoms with Gasteiger partial charge in [-0.1, -0.05) is 54.6 Å². The molecule has 1 fully saturated rings. The van der Waals surface area contributed by atoms with Crippen LogP contribution in [0.4, 0.5) is 11.4 Å². The summed E-state index contributed by atoms with van der Waals surface area (Å²) in [4.78, 5) is 0.821. The molecule has 144 valence electrons. The normalized spacial score (nSPS) is 15.7. The lowest BCUT2D eigenvalue weighted by Gasteiger charge is -2.32. The van der Waals surface area contributed by atoms with Crippen molar-refractivity contribution in [1.29, 1.82) is 0 Å². The highest BCUT2D eigenvalue weighted by Gasteiger charge is 2.32. The minimum absolute atomic E-state index is 0.554. The molecule has 0 aliphatic carbocycles. The van der Waals surface area contributed by atoms with Gasteiger partial charge in [0.05, 0.1) is 13.1 Å². The number of benzene rings is 3. The lowest BCUT2D eigenvalue weighted by Crippen LogP contribution is -2.25. The predicted octanol–water partition coefficient (Wildman–Crippen LogP) is 4.64. The van der Waals surface area contributed by atoms with Gasteiger partial charge in [-0.25, -0.2) is 8.93 Å². The molecule has 1 atom stereocenters. The molecule has 1 unspecified atom stereocenters. The number of hydrogen-bond donors (Lipinski definition) is 1. The highest BCUT2D eigenvalue weighted by atomic mass is 32.2. The van der Waals surface area contributed by atoms with E-state index in [0.29, 0.717) is 6.54 Å². The molecule has 0 amide bonds. The number of rotatable bonds is 7. The minimum Gasteiger partial charge on any atom is -0.332 e. The molecule has 4 nitrogen and oxygen atoms in total. The van der Waals surface area contributed by atoms with Gasteiger partial charge in [-0.15, -0.1) is 0 Å². The molecule has 0 aromatic heterocycles. The van der Waals surface area contributed by atoms with Crippen molar-refractivity contribution in [3.63, 3.8) is 0 Å². The molecule has 0 radical (unpaired) electrons. The first-order valence-corrected chi connectivity index (χ1v) is 12.0. The maximum Gasteiger partial charge on any atom is 0.124 e. The van der Waals surface area contributed by atoms with Crippen LogP contribution in [0.2, 0.25) is 0 Å². The Morgan fingerprint density at radius 2 is 1.21 bits per heavy atom. The first-order valence-electron chi connectivity index (χ1n) is 9.46. The van der Waals surface area contributed by atoms with E-state index in [4.69, 9.17) is 0 Å². The summed E-state index contributed by atoms with van der Waals surface area (Å²) in [6.07, 6.45) is 0.942. The van der Waals surface area contributed by atoms with Crippen LogP contribution in [-0.4, -0.2) is 30.0 Å². The van der Waals surface area contributed by atoms with Gasteiger partial charge in [0, 0.05) is 37.2 Å². The summed E-state index contributed by atoms with van der Waals surface area (Å²) in [6.45, 7) is 2.72. The molecule has 1 aliphatic heterocycles. The van der Waals surface area contributed by atoms with E-state index in [9.17, 15) is 4.21 Å². The van der Waals surface area contributed by atoms with E-state index in [0.717, 1.165) is 24.1 Å². The Labute approximate surface area is 170 Å². The Bertz CT molecular complexity index is 848. The zero-order chi connectivity index (χ0) is 19.2. The van der Waals surface area contributed by atoms with Gasteiger partial charge in [-0.05, 0) is 36.4 Å². The van der Waals surface area contributed by atoms with Crippen molar-refractivity contribution in [2.24, 2.45) is 0 Å². The van der Waals surface area contributed by atoms with Crippen molar-refractivity contribution in [1.82, 2.24) is 4.72 Å². The van der Waals surface area contributed by atoms with Crippen LogP contribution in [0, 0.1) is 0 Å². The molecule has 3 aromatic carbocycles. The molecule has 28 heavy (non-hydrogen) atoms. The van der Waals surface area contributed by atoms with E-state index in [-0.39, 0.29) is 0 Å². The molecule has 3 aromatic rings. The first kappa shape index (κ1) is 19.1. The molecular weight excluding hydrogens is 385 g/mol. The van der Waals surface area contributed by atoms with Crippen LogP contribution in [0.1, 0.15) is 0 Å². The molecule has 1 saturated heterocycles. The summed E-state index contributed by atoms with van der Waals surface area (Å²) in [6, 6.07) is 30.8. The van der Waals surface area contributed by atoms with Crippen LogP contribution in [0.25, 0.3) is 0 Å². The molecule has 1 aliphatic rings. The van der Waals surface area contributed by atoms with Gasteiger partial charge in [0.15, 0.2) is 0 Å². The SMILES string of the molecule is O=S(NCCP1N(c2ccccc2)CCN1c1ccccc1)c1ccccc1. The van der Waals surface area contributed by atoms with E-state index in [1.54, 1.807) is 0 Å². The lowest BCUT2D eigenvalue weighted by molar-refractivity contribution is 0.674. The largest absolute Gasteiger partial charge is 0.332 e. The summed E-state index contributed by atoms with van der Waals surface area (Å²) in [5.74, 6) is 0. The Hall–Kier alpha value is -2.20. The Morgan fingerprint density at radius 1 is 0.750 bits per heavy atom. The lowest BCUT2D eigenvalue weighted by atomic mass is 10.3. The average Bonchev–Trinajstić information content (AvgIpc) is 3.19. The number of anilines is 2. The maximum absolute atomic E-state index is 12.5. The van der Waals surface area contributed by atoms with E-state index in [2.05, 4.69) is 74.7 Å². The molecule has 0 bridgehead atoms. The van der Waals surface area contributed by atoms with Crippen molar-refractivity contribution in [2.45, 2.75) is 4.90 Å². The fourth-order valence-electron chi connectivity index (χ4n) is 3.38. The molecule has 6 heteroatoms.